The molecule has 0 unspecified atom stereocenters. The first kappa shape index (κ1) is 14.7. The number of morpholine rings is 1. The molecule has 0 aliphatic carbocycles. The van der Waals surface area contributed by atoms with E-state index in [0.717, 1.165) is 26.1 Å². The summed E-state index contributed by atoms with van der Waals surface area (Å²) in [4.78, 5) is 12.6. The highest BCUT2D eigenvalue weighted by Gasteiger charge is 2.20. The predicted octanol–water partition coefficient (Wildman–Crippen LogP) is 2.08. The van der Waals surface area contributed by atoms with E-state index in [2.05, 4.69) is 11.8 Å². The summed E-state index contributed by atoms with van der Waals surface area (Å²) < 4.78 is 11.3. The zero-order valence-corrected chi connectivity index (χ0v) is 11.7. The zero-order valence-electron chi connectivity index (χ0n) is 11.7. The molecule has 6 nitrogen and oxygen atoms in total. The van der Waals surface area contributed by atoms with E-state index < -0.39 is 4.92 Å². The number of nitrogens with zero attached hydrogens (tertiary/aromatic N) is 2. The highest BCUT2D eigenvalue weighted by Crippen LogP contribution is 2.19. The lowest BCUT2D eigenvalue weighted by atomic mass is 10.2. The van der Waals surface area contributed by atoms with Crippen LogP contribution in [0.15, 0.2) is 24.3 Å². The van der Waals surface area contributed by atoms with Crippen LogP contribution < -0.4 is 4.74 Å². The quantitative estimate of drug-likeness (QED) is 0.589. The maximum atomic E-state index is 10.7. The Balaban J connectivity index is 1.85. The summed E-state index contributed by atoms with van der Waals surface area (Å²) in [5, 5.41) is 10.7. The van der Waals surface area contributed by atoms with Gasteiger partial charge >= 0.3 is 0 Å². The first-order valence-corrected chi connectivity index (χ1v) is 6.90. The van der Waals surface area contributed by atoms with Gasteiger partial charge in [0.15, 0.2) is 0 Å². The van der Waals surface area contributed by atoms with Crippen LogP contribution in [-0.2, 0) is 4.74 Å². The molecule has 0 bridgehead atoms. The molecule has 6 heteroatoms. The van der Waals surface area contributed by atoms with Crippen LogP contribution in [0.4, 0.5) is 5.69 Å². The Bertz CT molecular complexity index is 451. The van der Waals surface area contributed by atoms with E-state index in [0.29, 0.717) is 19.0 Å². The van der Waals surface area contributed by atoms with Crippen LogP contribution in [0.25, 0.3) is 0 Å². The number of rotatable bonds is 6. The van der Waals surface area contributed by atoms with Crippen molar-refractivity contribution >= 4 is 5.69 Å². The molecule has 1 atom stereocenters. The van der Waals surface area contributed by atoms with Crippen LogP contribution in [-0.4, -0.2) is 48.8 Å². The van der Waals surface area contributed by atoms with Crippen molar-refractivity contribution in [3.63, 3.8) is 0 Å². The highest BCUT2D eigenvalue weighted by molar-refractivity contribution is 5.37. The van der Waals surface area contributed by atoms with Crippen LogP contribution in [0.1, 0.15) is 13.3 Å². The molecule has 2 rings (SSSR count). The highest BCUT2D eigenvalue weighted by atomic mass is 16.6. The molecule has 1 saturated heterocycles. The van der Waals surface area contributed by atoms with Crippen molar-refractivity contribution < 1.29 is 14.4 Å². The number of benzene rings is 1. The summed E-state index contributed by atoms with van der Waals surface area (Å²) in [6.45, 7) is 6.16. The fourth-order valence-electron chi connectivity index (χ4n) is 2.28. The number of hydrogen-bond acceptors (Lipinski definition) is 5. The van der Waals surface area contributed by atoms with Gasteiger partial charge in [-0.05, 0) is 19.0 Å². The van der Waals surface area contributed by atoms with E-state index in [1.54, 1.807) is 12.1 Å². The lowest BCUT2D eigenvalue weighted by Gasteiger charge is -2.32. The molecule has 1 heterocycles. The number of nitro benzene ring substituents is 1. The topological polar surface area (TPSA) is 64.8 Å². The molecule has 1 aliphatic heterocycles. The third kappa shape index (κ3) is 4.18. The molecule has 0 N–H and O–H groups in total. The predicted molar refractivity (Wildman–Crippen MR) is 75.1 cm³/mol. The van der Waals surface area contributed by atoms with Crippen LogP contribution >= 0.6 is 0 Å². The fourth-order valence-corrected chi connectivity index (χ4v) is 2.28. The summed E-state index contributed by atoms with van der Waals surface area (Å²) in [5.41, 5.74) is 0.0414. The summed E-state index contributed by atoms with van der Waals surface area (Å²) in [6, 6.07) is 6.23. The van der Waals surface area contributed by atoms with Gasteiger partial charge in [-0.2, -0.15) is 0 Å². The summed E-state index contributed by atoms with van der Waals surface area (Å²) >= 11 is 0. The maximum Gasteiger partial charge on any atom is 0.273 e. The van der Waals surface area contributed by atoms with Crippen LogP contribution in [0.2, 0.25) is 0 Å². The van der Waals surface area contributed by atoms with Crippen molar-refractivity contribution in [3.8, 4) is 5.75 Å². The van der Waals surface area contributed by atoms with Crippen molar-refractivity contribution in [1.29, 1.82) is 0 Å². The van der Waals surface area contributed by atoms with Gasteiger partial charge in [0, 0.05) is 19.2 Å². The molecule has 20 heavy (non-hydrogen) atoms. The molecule has 1 aromatic rings. The van der Waals surface area contributed by atoms with E-state index in [9.17, 15) is 10.1 Å². The van der Waals surface area contributed by atoms with Crippen molar-refractivity contribution in [2.24, 2.45) is 0 Å². The lowest BCUT2D eigenvalue weighted by molar-refractivity contribution is -0.384. The second-order valence-corrected chi connectivity index (χ2v) is 4.86. The maximum absolute atomic E-state index is 10.7. The van der Waals surface area contributed by atoms with Crippen molar-refractivity contribution in [2.75, 3.05) is 32.8 Å². The molecule has 0 aromatic heterocycles. The molecule has 1 aliphatic rings. The number of nitro groups is 1. The Morgan fingerprint density at radius 1 is 1.55 bits per heavy atom. The van der Waals surface area contributed by atoms with Gasteiger partial charge in [0.1, 0.15) is 18.5 Å². The van der Waals surface area contributed by atoms with E-state index >= 15 is 0 Å². The fraction of sp³-hybridized carbons (Fsp3) is 0.571. The molecule has 0 amide bonds. The van der Waals surface area contributed by atoms with Gasteiger partial charge in [-0.15, -0.1) is 0 Å². The van der Waals surface area contributed by atoms with Crippen LogP contribution in [0, 0.1) is 10.1 Å². The Kier molecular flexibility index (Phi) is 5.31. The van der Waals surface area contributed by atoms with Gasteiger partial charge in [-0.1, -0.05) is 13.0 Å². The third-order valence-corrected chi connectivity index (χ3v) is 3.23. The standard InChI is InChI=1S/C14H20N2O4/c1-2-6-15-7-8-19-14(10-15)11-20-13-5-3-4-12(9-13)16(17)18/h3-5,9,14H,2,6-8,10-11H2,1H3/t14-/m0/s1. The number of ether oxygens (including phenoxy) is 2. The minimum Gasteiger partial charge on any atom is -0.491 e. The average molecular weight is 280 g/mol. The minimum absolute atomic E-state index is 0.0227. The second kappa shape index (κ2) is 7.21. The van der Waals surface area contributed by atoms with Gasteiger partial charge in [-0.25, -0.2) is 0 Å². The summed E-state index contributed by atoms with van der Waals surface area (Å²) in [6.07, 6.45) is 1.15. The van der Waals surface area contributed by atoms with Gasteiger partial charge in [0.2, 0.25) is 0 Å². The molecule has 110 valence electrons. The largest absolute Gasteiger partial charge is 0.491 e. The molecular weight excluding hydrogens is 260 g/mol. The Morgan fingerprint density at radius 2 is 2.40 bits per heavy atom. The van der Waals surface area contributed by atoms with Crippen LogP contribution in [0.5, 0.6) is 5.75 Å². The normalized spacial score (nSPS) is 19.8. The van der Waals surface area contributed by atoms with Crippen LogP contribution in [0.3, 0.4) is 0 Å². The molecule has 0 radical (unpaired) electrons. The number of non-ortho nitro benzene ring substituents is 1. The van der Waals surface area contributed by atoms with Gasteiger partial charge in [0.25, 0.3) is 5.69 Å². The number of hydrogen-bond donors (Lipinski definition) is 0. The van der Waals surface area contributed by atoms with Gasteiger partial charge in [-0.3, -0.25) is 15.0 Å². The monoisotopic (exact) mass is 280 g/mol. The molecule has 0 saturated carbocycles. The van der Waals surface area contributed by atoms with Crippen molar-refractivity contribution in [2.45, 2.75) is 19.4 Å². The zero-order chi connectivity index (χ0) is 14.4. The average Bonchev–Trinajstić information content (AvgIpc) is 2.46. The first-order valence-electron chi connectivity index (χ1n) is 6.90. The Labute approximate surface area is 118 Å². The molecule has 1 fully saturated rings. The Morgan fingerprint density at radius 3 is 3.15 bits per heavy atom. The van der Waals surface area contributed by atoms with E-state index in [-0.39, 0.29) is 11.8 Å². The Hall–Kier alpha value is -1.66. The van der Waals surface area contributed by atoms with Crippen molar-refractivity contribution in [3.05, 3.63) is 34.4 Å². The van der Waals surface area contributed by atoms with E-state index in [4.69, 9.17) is 9.47 Å². The minimum atomic E-state index is -0.424. The first-order chi connectivity index (χ1) is 9.69. The summed E-state index contributed by atoms with van der Waals surface area (Å²) in [7, 11) is 0. The third-order valence-electron chi connectivity index (χ3n) is 3.23. The molecular formula is C14H20N2O4. The van der Waals surface area contributed by atoms with Gasteiger partial charge < -0.3 is 9.47 Å². The lowest BCUT2D eigenvalue weighted by Crippen LogP contribution is -2.45. The van der Waals surface area contributed by atoms with Crippen molar-refractivity contribution in [1.82, 2.24) is 4.90 Å². The van der Waals surface area contributed by atoms with E-state index in [1.165, 1.54) is 12.1 Å². The summed E-state index contributed by atoms with van der Waals surface area (Å²) in [5.74, 6) is 0.510. The molecule has 0 spiro atoms. The molecule has 1 aromatic carbocycles. The second-order valence-electron chi connectivity index (χ2n) is 4.86. The smallest absolute Gasteiger partial charge is 0.273 e. The SMILES string of the molecule is CCCN1CCO[C@H](COc2cccc([N+](=O)[O-])c2)C1. The van der Waals surface area contributed by atoms with E-state index in [1.807, 2.05) is 0 Å². The van der Waals surface area contributed by atoms with Gasteiger partial charge in [0.05, 0.1) is 17.6 Å².